The highest BCUT2D eigenvalue weighted by Crippen LogP contribution is 2.49. The number of carbonyl (C=O) groups is 2. The van der Waals surface area contributed by atoms with Gasteiger partial charge in [-0.3, -0.25) is 9.59 Å². The number of nitrogens with zero attached hydrogens (tertiary/aromatic N) is 2. The van der Waals surface area contributed by atoms with Crippen LogP contribution in [-0.2, 0) is 9.59 Å². The van der Waals surface area contributed by atoms with E-state index in [4.69, 9.17) is 22.7 Å². The molecule has 0 spiro atoms. The molecule has 3 saturated carbocycles. The Bertz CT molecular complexity index is 4510. The molecule has 3 fully saturated rings. The molecule has 0 unspecified atom stereocenters. The Kier molecular flexibility index (Phi) is 23.5. The molecule has 5 N–H and O–H groups in total. The Morgan fingerprint density at radius 1 is 0.506 bits per heavy atom. The van der Waals surface area contributed by atoms with Gasteiger partial charge in [-0.15, -0.1) is 18.8 Å². The first kappa shape index (κ1) is 66.9. The third-order valence-corrected chi connectivity index (χ3v) is 14.2. The molecule has 446 valence electrons. The average Bonchev–Trinajstić information content (AvgIpc) is 1.65. The summed E-state index contributed by atoms with van der Waals surface area (Å²) in [6, 6.07) is 29.7. The topological polar surface area (TPSA) is 155 Å². The van der Waals surface area contributed by atoms with Crippen molar-refractivity contribution < 1.29 is 49.1 Å². The highest BCUT2D eigenvalue weighted by Gasteiger charge is 2.38. The Hall–Kier alpha value is -11.2. The lowest BCUT2D eigenvalue weighted by atomic mass is 9.70. The third-order valence-electron chi connectivity index (χ3n) is 14.2. The number of rotatable bonds is 6. The second-order valence-corrected chi connectivity index (χ2v) is 20.1. The predicted octanol–water partition coefficient (Wildman–Crippen LogP) is 16.2. The lowest BCUT2D eigenvalue weighted by Crippen LogP contribution is -2.34. The van der Waals surface area contributed by atoms with E-state index < -0.39 is 34.9 Å². The number of H-pyrrole nitrogens is 3. The fourth-order valence-electron chi connectivity index (χ4n) is 9.85. The summed E-state index contributed by atoms with van der Waals surface area (Å²) in [5.41, 5.74) is 11.6. The number of carbonyl (C=O) groups excluding carboxylic acids is 2. The molecule has 3 heterocycles. The van der Waals surface area contributed by atoms with E-state index in [9.17, 15) is 49.1 Å². The normalized spacial score (nSPS) is 15.3. The molecule has 6 aromatic carbocycles. The zero-order chi connectivity index (χ0) is 63.6. The molecule has 3 aliphatic rings. The number of aromatic amines is 3. The molecular weight excluding hydrogens is 1150 g/mol. The number of primary amides is 1. The van der Waals surface area contributed by atoms with Gasteiger partial charge in [0.1, 0.15) is 58.1 Å². The maximum absolute atomic E-state index is 14.2. The summed E-state index contributed by atoms with van der Waals surface area (Å²) in [4.78, 5) is 30.3. The Balaban J connectivity index is 0.000000184. The molecule has 3 aromatic heterocycles. The number of nitriles is 2. The largest absolute Gasteiger partial charge is 0.369 e. The summed E-state index contributed by atoms with van der Waals surface area (Å²) in [5.74, 6) is 18.9. The van der Waals surface area contributed by atoms with E-state index in [1.165, 1.54) is 54.6 Å². The first-order valence-corrected chi connectivity index (χ1v) is 26.9. The summed E-state index contributed by atoms with van der Waals surface area (Å²) in [6.45, 7) is 3.36. The molecule has 0 atom stereocenters. The van der Waals surface area contributed by atoms with Crippen LogP contribution in [0.3, 0.4) is 0 Å². The Morgan fingerprint density at radius 3 is 1.29 bits per heavy atom. The molecule has 0 aliphatic heterocycles. The Labute approximate surface area is 508 Å². The second kappa shape index (κ2) is 31.3. The zero-order valence-corrected chi connectivity index (χ0v) is 46.9. The first-order chi connectivity index (χ1) is 42.3. The van der Waals surface area contributed by atoms with E-state index in [0.717, 1.165) is 29.3 Å². The van der Waals surface area contributed by atoms with Gasteiger partial charge in [-0.05, 0) is 224 Å². The van der Waals surface area contributed by atoms with Crippen LogP contribution in [0.15, 0.2) is 115 Å². The van der Waals surface area contributed by atoms with Crippen molar-refractivity contribution in [2.24, 2.45) is 23.5 Å². The van der Waals surface area contributed by atoms with Crippen LogP contribution >= 0.6 is 0 Å². The van der Waals surface area contributed by atoms with Gasteiger partial charge in [0.25, 0.3) is 0 Å². The molecule has 0 bridgehead atoms. The molecule has 89 heavy (non-hydrogen) atoms. The summed E-state index contributed by atoms with van der Waals surface area (Å²) >= 11 is 0. The first-order valence-electron chi connectivity index (χ1n) is 26.9. The van der Waals surface area contributed by atoms with Gasteiger partial charge in [-0.2, -0.15) is 10.5 Å². The maximum Gasteiger partial charge on any atom is 0.220 e. The van der Waals surface area contributed by atoms with Crippen molar-refractivity contribution in [1.82, 2.24) is 15.0 Å². The smallest absolute Gasteiger partial charge is 0.220 e. The summed E-state index contributed by atoms with van der Waals surface area (Å²) in [6.07, 6.45) is 12.8. The number of nitrogens with one attached hydrogen (secondary N) is 3. The fourth-order valence-corrected chi connectivity index (χ4v) is 9.85. The van der Waals surface area contributed by atoms with Crippen LogP contribution in [0.1, 0.15) is 82.8 Å². The molecular formula is C72H53F9N6O2. The van der Waals surface area contributed by atoms with Crippen molar-refractivity contribution >= 4 is 44.4 Å². The van der Waals surface area contributed by atoms with Crippen LogP contribution < -0.4 is 5.73 Å². The van der Waals surface area contributed by atoms with Gasteiger partial charge in [0.15, 0.2) is 0 Å². The standard InChI is InChI=1S/C19H15F3N2O.C19H13F3N2.C14H8F3N.C11H4.C5H5NO.C3H4.CH4/c20-12-3-1-9(2-4-12)17-16(10-5-11(6-10)19(23)25)14-7-13(21)8-15(22)18(14)24-17;20-13-3-1-11(2-4-13)18-17(12-5-10(6-12)9-23)15-7-14(21)8-16(22)19(15)24-18;15-10-3-1-8(2-4-10)13-6-9-5-11(16)7-12(17)14(9)18-13;1-3-5-7-9-11-10-8-6-4-2;6-3-4-1-5(7)2-4;1-3-2;/h1-4,7-8,10-11,24H,5-6H2,(H2,23,25);1-4,7-8,10,12,24H,5-6H2;1-7,18H;1H,2H3;4H,1-2H2;1H,2H3;1H4. The predicted molar refractivity (Wildman–Crippen MR) is 327 cm³/mol. The van der Waals surface area contributed by atoms with E-state index in [2.05, 4.69) is 86.6 Å². The van der Waals surface area contributed by atoms with Crippen LogP contribution in [0.5, 0.6) is 0 Å². The van der Waals surface area contributed by atoms with Gasteiger partial charge in [0, 0.05) is 64.7 Å². The lowest BCUT2D eigenvalue weighted by Gasteiger charge is -2.33. The van der Waals surface area contributed by atoms with Gasteiger partial charge in [-0.1, -0.05) is 13.3 Å². The number of terminal acetylenes is 2. The molecule has 17 heteroatoms. The molecule has 8 nitrogen and oxygen atoms in total. The van der Waals surface area contributed by atoms with Crippen molar-refractivity contribution in [3.63, 3.8) is 0 Å². The number of hydrogen-bond acceptors (Lipinski definition) is 4. The van der Waals surface area contributed by atoms with Crippen LogP contribution in [0.25, 0.3) is 66.5 Å². The van der Waals surface area contributed by atoms with Crippen molar-refractivity contribution in [3.8, 4) is 118 Å². The number of halogens is 9. The van der Waals surface area contributed by atoms with E-state index in [0.29, 0.717) is 88.5 Å². The van der Waals surface area contributed by atoms with Gasteiger partial charge < -0.3 is 20.7 Å². The van der Waals surface area contributed by atoms with Gasteiger partial charge in [0.05, 0.1) is 46.0 Å². The summed E-state index contributed by atoms with van der Waals surface area (Å²) in [5, 5.41) is 18.5. The number of fused-ring (bicyclic) bond motifs is 3. The van der Waals surface area contributed by atoms with Gasteiger partial charge in [-0.25, -0.2) is 39.5 Å². The highest BCUT2D eigenvalue weighted by molar-refractivity contribution is 5.94. The molecule has 12 rings (SSSR count). The van der Waals surface area contributed by atoms with Crippen molar-refractivity contribution in [3.05, 3.63) is 179 Å². The maximum atomic E-state index is 14.2. The number of benzene rings is 6. The minimum atomic E-state index is -0.685. The molecule has 3 aliphatic carbocycles. The van der Waals surface area contributed by atoms with Crippen molar-refractivity contribution in [2.75, 3.05) is 0 Å². The van der Waals surface area contributed by atoms with Gasteiger partial charge in [0.2, 0.25) is 5.91 Å². The average molecular weight is 1210 g/mol. The van der Waals surface area contributed by atoms with E-state index in [-0.39, 0.29) is 82.7 Å². The molecule has 0 saturated heterocycles. The quantitative estimate of drug-likeness (QED) is 0.0966. The highest BCUT2D eigenvalue weighted by atomic mass is 19.2. The zero-order valence-electron chi connectivity index (χ0n) is 46.9. The number of amides is 1. The SMILES string of the molecule is C.C#CC.C#CC#CC#CC#CC#CC.Fc1ccc(-c2cc3cc(F)cc(F)c3[nH]2)cc1.N#CC1CC(=O)C1.N#CC1CC(c2c(-c3ccc(F)cc3)[nH]c3c(F)cc(F)cc23)C1.NC(=O)C1CC(c2c(-c3ccc(F)cc3)[nH]c3c(F)cc(F)cc23)C1. The summed E-state index contributed by atoms with van der Waals surface area (Å²) in [7, 11) is 0. The number of ketones is 1. The van der Waals surface area contributed by atoms with Crippen LogP contribution in [-0.4, -0.2) is 26.6 Å². The second-order valence-electron chi connectivity index (χ2n) is 20.1. The fraction of sp³-hybridized carbons (Fsp3) is 0.194. The van der Waals surface area contributed by atoms with Gasteiger partial charge >= 0.3 is 0 Å². The number of nitrogens with two attached hydrogens (primary N) is 1. The van der Waals surface area contributed by atoms with Crippen LogP contribution in [0.2, 0.25) is 0 Å². The van der Waals surface area contributed by atoms with Crippen LogP contribution in [0.4, 0.5) is 39.5 Å². The minimum absolute atomic E-state index is 0. The van der Waals surface area contributed by atoms with Crippen molar-refractivity contribution in [1.29, 1.82) is 10.5 Å². The monoisotopic (exact) mass is 1200 g/mol. The van der Waals surface area contributed by atoms with E-state index in [1.807, 2.05) is 6.07 Å². The minimum Gasteiger partial charge on any atom is -0.369 e. The Morgan fingerprint density at radius 2 is 0.899 bits per heavy atom. The van der Waals surface area contributed by atoms with Crippen molar-refractivity contribution in [2.45, 2.75) is 71.6 Å². The number of aromatic nitrogens is 3. The van der Waals surface area contributed by atoms with E-state index >= 15 is 0 Å². The number of Topliss-reactive ketones (excluding diaryl/α,β-unsaturated/α-hetero) is 1. The summed E-state index contributed by atoms with van der Waals surface area (Å²) < 4.78 is 122. The lowest BCUT2D eigenvalue weighted by molar-refractivity contribution is -0.125. The molecule has 0 radical (unpaired) electrons. The van der Waals surface area contributed by atoms with E-state index in [1.54, 1.807) is 56.3 Å². The molecule has 9 aromatic rings. The third kappa shape index (κ3) is 17.0. The number of hydrogen-bond donors (Lipinski definition) is 4. The van der Waals surface area contributed by atoms with Crippen LogP contribution in [0, 0.1) is 165 Å². The molecule has 1 amide bonds.